The molecular formula is C15H32O2Si. The third-order valence-electron chi connectivity index (χ3n) is 5.35. The molecule has 108 valence electrons. The van der Waals surface area contributed by atoms with Gasteiger partial charge in [0.25, 0.3) is 0 Å². The Bertz CT molecular complexity index is 254. The van der Waals surface area contributed by atoms with E-state index in [1.54, 1.807) is 0 Å². The molecule has 1 saturated carbocycles. The summed E-state index contributed by atoms with van der Waals surface area (Å²) in [4.78, 5) is 0. The zero-order valence-corrected chi connectivity index (χ0v) is 14.2. The van der Waals surface area contributed by atoms with Gasteiger partial charge < -0.3 is 9.53 Å². The van der Waals surface area contributed by atoms with Gasteiger partial charge in [-0.1, -0.05) is 27.7 Å². The summed E-state index contributed by atoms with van der Waals surface area (Å²) >= 11 is 0. The first-order chi connectivity index (χ1) is 8.16. The Morgan fingerprint density at radius 3 is 2.06 bits per heavy atom. The van der Waals surface area contributed by atoms with Crippen LogP contribution in [0.1, 0.15) is 59.8 Å². The van der Waals surface area contributed by atoms with Crippen molar-refractivity contribution in [1.29, 1.82) is 0 Å². The van der Waals surface area contributed by atoms with Gasteiger partial charge in [0.05, 0.1) is 0 Å². The second-order valence-corrected chi connectivity index (χ2v) is 12.3. The molecule has 1 fully saturated rings. The summed E-state index contributed by atoms with van der Waals surface area (Å²) < 4.78 is 6.48. The second-order valence-electron chi connectivity index (χ2n) is 7.59. The lowest BCUT2D eigenvalue weighted by molar-refractivity contribution is 0.0263. The molecule has 1 aliphatic rings. The van der Waals surface area contributed by atoms with Crippen LogP contribution in [0.25, 0.3) is 0 Å². The van der Waals surface area contributed by atoms with E-state index >= 15 is 0 Å². The minimum atomic E-state index is -1.62. The molecule has 0 unspecified atom stereocenters. The molecule has 0 spiro atoms. The van der Waals surface area contributed by atoms with Crippen LogP contribution in [0.5, 0.6) is 0 Å². The number of aliphatic hydroxyl groups excluding tert-OH is 1. The lowest BCUT2D eigenvalue weighted by atomic mass is 9.72. The topological polar surface area (TPSA) is 29.5 Å². The largest absolute Gasteiger partial charge is 0.414 e. The Morgan fingerprint density at radius 1 is 1.22 bits per heavy atom. The van der Waals surface area contributed by atoms with Crippen molar-refractivity contribution in [3.05, 3.63) is 0 Å². The van der Waals surface area contributed by atoms with E-state index < -0.39 is 8.32 Å². The quantitative estimate of drug-likeness (QED) is 0.771. The molecule has 1 aliphatic carbocycles. The Morgan fingerprint density at radius 2 is 1.72 bits per heavy atom. The summed E-state index contributed by atoms with van der Waals surface area (Å²) in [6, 6.07) is 0. The standard InChI is InChI=1S/C15H32O2Si/c1-7-15(12-16)10-8-13(9-11-15)17-18(5,6)14(2,3)4/h13,16H,7-12H2,1-6H3. The van der Waals surface area contributed by atoms with Gasteiger partial charge in [0, 0.05) is 12.7 Å². The number of hydrogen-bond acceptors (Lipinski definition) is 2. The molecule has 0 saturated heterocycles. The molecule has 0 aromatic carbocycles. The van der Waals surface area contributed by atoms with E-state index in [1.165, 1.54) is 0 Å². The van der Waals surface area contributed by atoms with Crippen LogP contribution in [-0.4, -0.2) is 26.1 Å². The van der Waals surface area contributed by atoms with E-state index in [0.29, 0.717) is 17.7 Å². The minimum absolute atomic E-state index is 0.188. The highest BCUT2D eigenvalue weighted by molar-refractivity contribution is 6.74. The first-order valence-electron chi connectivity index (χ1n) is 7.44. The molecule has 0 radical (unpaired) electrons. The van der Waals surface area contributed by atoms with Crippen LogP contribution >= 0.6 is 0 Å². The number of aliphatic hydroxyl groups is 1. The molecule has 0 aromatic rings. The fraction of sp³-hybridized carbons (Fsp3) is 1.00. The molecule has 0 heterocycles. The van der Waals surface area contributed by atoms with Crippen molar-refractivity contribution in [2.75, 3.05) is 6.61 Å². The molecular weight excluding hydrogens is 240 g/mol. The van der Waals surface area contributed by atoms with Gasteiger partial charge in [-0.2, -0.15) is 0 Å². The van der Waals surface area contributed by atoms with Crippen LogP contribution in [0.2, 0.25) is 18.1 Å². The van der Waals surface area contributed by atoms with Crippen LogP contribution in [0.4, 0.5) is 0 Å². The van der Waals surface area contributed by atoms with Gasteiger partial charge in [0.1, 0.15) is 0 Å². The lowest BCUT2D eigenvalue weighted by Gasteiger charge is -2.44. The van der Waals surface area contributed by atoms with Crippen molar-refractivity contribution < 1.29 is 9.53 Å². The summed E-state index contributed by atoms with van der Waals surface area (Å²) in [5.74, 6) is 0. The average molecular weight is 273 g/mol. The third-order valence-corrected chi connectivity index (χ3v) is 9.88. The second kappa shape index (κ2) is 5.64. The summed E-state index contributed by atoms with van der Waals surface area (Å²) in [5.41, 5.74) is 0.188. The van der Waals surface area contributed by atoms with Crippen molar-refractivity contribution in [2.45, 2.75) is 84.0 Å². The fourth-order valence-corrected chi connectivity index (χ4v) is 3.96. The molecule has 0 atom stereocenters. The highest BCUT2D eigenvalue weighted by Gasteiger charge is 2.41. The first kappa shape index (κ1) is 16.2. The van der Waals surface area contributed by atoms with Crippen LogP contribution in [0.3, 0.4) is 0 Å². The summed E-state index contributed by atoms with van der Waals surface area (Å²) in [6.45, 7) is 14.1. The van der Waals surface area contributed by atoms with Crippen molar-refractivity contribution in [3.63, 3.8) is 0 Å². The highest BCUT2D eigenvalue weighted by atomic mass is 28.4. The number of hydrogen-bond donors (Lipinski definition) is 1. The summed E-state index contributed by atoms with van der Waals surface area (Å²) in [5, 5.41) is 9.85. The zero-order valence-electron chi connectivity index (χ0n) is 13.2. The van der Waals surface area contributed by atoms with Crippen LogP contribution in [0.15, 0.2) is 0 Å². The van der Waals surface area contributed by atoms with Crippen molar-refractivity contribution in [1.82, 2.24) is 0 Å². The molecule has 0 bridgehead atoms. The first-order valence-corrected chi connectivity index (χ1v) is 10.4. The molecule has 0 amide bonds. The maximum Gasteiger partial charge on any atom is 0.192 e. The van der Waals surface area contributed by atoms with Crippen LogP contribution in [-0.2, 0) is 4.43 Å². The lowest BCUT2D eigenvalue weighted by Crippen LogP contribution is -2.45. The van der Waals surface area contributed by atoms with Crippen molar-refractivity contribution in [2.24, 2.45) is 5.41 Å². The minimum Gasteiger partial charge on any atom is -0.414 e. The Kier molecular flexibility index (Phi) is 5.07. The molecule has 0 aromatic heterocycles. The normalized spacial score (nSPS) is 30.5. The molecule has 0 aliphatic heterocycles. The fourth-order valence-electron chi connectivity index (χ4n) is 2.54. The molecule has 1 rings (SSSR count). The van der Waals surface area contributed by atoms with E-state index in [-0.39, 0.29) is 5.41 Å². The van der Waals surface area contributed by atoms with Gasteiger partial charge in [0.2, 0.25) is 0 Å². The van der Waals surface area contributed by atoms with Gasteiger partial charge in [-0.05, 0) is 55.7 Å². The number of rotatable bonds is 4. The Hall–Kier alpha value is 0.137. The molecule has 18 heavy (non-hydrogen) atoms. The summed E-state index contributed by atoms with van der Waals surface area (Å²) in [6.07, 6.45) is 6.02. The monoisotopic (exact) mass is 272 g/mol. The highest BCUT2D eigenvalue weighted by Crippen LogP contribution is 2.43. The smallest absolute Gasteiger partial charge is 0.192 e. The van der Waals surface area contributed by atoms with Gasteiger partial charge in [-0.25, -0.2) is 0 Å². The predicted molar refractivity (Wildman–Crippen MR) is 80.3 cm³/mol. The Labute approximate surface area is 114 Å². The zero-order chi connectivity index (χ0) is 14.0. The maximum absolute atomic E-state index is 9.56. The van der Waals surface area contributed by atoms with Crippen LogP contribution < -0.4 is 0 Å². The van der Waals surface area contributed by atoms with E-state index in [9.17, 15) is 5.11 Å². The van der Waals surface area contributed by atoms with E-state index in [1.807, 2.05) is 0 Å². The third kappa shape index (κ3) is 3.58. The van der Waals surface area contributed by atoms with E-state index in [2.05, 4.69) is 40.8 Å². The van der Waals surface area contributed by atoms with Gasteiger partial charge in [-0.3, -0.25) is 0 Å². The van der Waals surface area contributed by atoms with E-state index in [0.717, 1.165) is 32.1 Å². The van der Waals surface area contributed by atoms with Crippen LogP contribution in [0, 0.1) is 5.41 Å². The van der Waals surface area contributed by atoms with Gasteiger partial charge in [-0.15, -0.1) is 0 Å². The summed E-state index contributed by atoms with van der Waals surface area (Å²) in [7, 11) is -1.62. The van der Waals surface area contributed by atoms with E-state index in [4.69, 9.17) is 4.43 Å². The predicted octanol–water partition coefficient (Wildman–Crippen LogP) is 4.34. The van der Waals surface area contributed by atoms with Crippen molar-refractivity contribution >= 4 is 8.32 Å². The maximum atomic E-state index is 9.56. The molecule has 2 nitrogen and oxygen atoms in total. The van der Waals surface area contributed by atoms with Gasteiger partial charge in [0.15, 0.2) is 8.32 Å². The van der Waals surface area contributed by atoms with Crippen molar-refractivity contribution in [3.8, 4) is 0 Å². The van der Waals surface area contributed by atoms with Gasteiger partial charge >= 0.3 is 0 Å². The Balaban J connectivity index is 2.55. The molecule has 3 heteroatoms. The molecule has 1 N–H and O–H groups in total. The average Bonchev–Trinajstić information content (AvgIpc) is 2.29. The SMILES string of the molecule is CCC1(CO)CCC(O[Si](C)(C)C(C)(C)C)CC1.